The van der Waals surface area contributed by atoms with Crippen molar-refractivity contribution >= 4 is 5.82 Å². The Hall–Kier alpha value is -1.71. The van der Waals surface area contributed by atoms with E-state index >= 15 is 0 Å². The molecule has 0 spiro atoms. The highest BCUT2D eigenvalue weighted by atomic mass is 16.5. The number of nitrogens with zero attached hydrogens (tertiary/aromatic N) is 5. The summed E-state index contributed by atoms with van der Waals surface area (Å²) in [4.78, 5) is 13.1. The quantitative estimate of drug-likeness (QED) is 0.820. The zero-order valence-corrected chi connectivity index (χ0v) is 12.9. The van der Waals surface area contributed by atoms with Crippen LogP contribution in [0.5, 0.6) is 0 Å². The number of nitriles is 1. The second-order valence-corrected chi connectivity index (χ2v) is 5.98. The maximum Gasteiger partial charge on any atom is 0.158 e. The standard InChI is InChI=1S/C16H23N5O/c17-11-14-12-19-16(13-18-14)21-7-3-15(4-8-21)22-10-9-20-5-1-2-6-20/h12-13,15H,1-10H2. The zero-order valence-electron chi connectivity index (χ0n) is 12.9. The Balaban J connectivity index is 1.39. The summed E-state index contributed by atoms with van der Waals surface area (Å²) in [5, 5.41) is 8.75. The molecule has 3 heterocycles. The first kappa shape index (κ1) is 15.2. The first-order valence-electron chi connectivity index (χ1n) is 8.16. The maximum absolute atomic E-state index is 8.75. The van der Waals surface area contributed by atoms with Crippen LogP contribution in [0.4, 0.5) is 5.82 Å². The molecule has 0 saturated carbocycles. The van der Waals surface area contributed by atoms with Crippen molar-refractivity contribution in [2.45, 2.75) is 31.8 Å². The normalized spacial score (nSPS) is 20.2. The van der Waals surface area contributed by atoms with E-state index in [0.29, 0.717) is 11.8 Å². The molecule has 0 atom stereocenters. The van der Waals surface area contributed by atoms with E-state index in [1.54, 1.807) is 6.20 Å². The smallest absolute Gasteiger partial charge is 0.158 e. The second kappa shape index (κ2) is 7.52. The van der Waals surface area contributed by atoms with Crippen molar-refractivity contribution in [3.8, 4) is 6.07 Å². The van der Waals surface area contributed by atoms with Crippen LogP contribution < -0.4 is 4.90 Å². The van der Waals surface area contributed by atoms with E-state index in [2.05, 4.69) is 19.8 Å². The molecule has 6 heteroatoms. The lowest BCUT2D eigenvalue weighted by atomic mass is 10.1. The molecule has 2 fully saturated rings. The molecule has 118 valence electrons. The van der Waals surface area contributed by atoms with E-state index in [0.717, 1.165) is 44.9 Å². The molecule has 2 aliphatic rings. The molecule has 2 saturated heterocycles. The number of piperidine rings is 1. The van der Waals surface area contributed by atoms with Gasteiger partial charge in [0.25, 0.3) is 0 Å². The van der Waals surface area contributed by atoms with Crippen molar-refractivity contribution in [2.24, 2.45) is 0 Å². The third-order valence-electron chi connectivity index (χ3n) is 4.48. The number of rotatable bonds is 5. The number of aromatic nitrogens is 2. The molecule has 0 N–H and O–H groups in total. The molecule has 0 amide bonds. The number of likely N-dealkylation sites (tertiary alicyclic amines) is 1. The Labute approximate surface area is 131 Å². The first-order chi connectivity index (χ1) is 10.8. The average molecular weight is 301 g/mol. The molecule has 1 aromatic rings. The summed E-state index contributed by atoms with van der Waals surface area (Å²) in [6.07, 6.45) is 8.32. The Morgan fingerprint density at radius 1 is 1.14 bits per heavy atom. The van der Waals surface area contributed by atoms with Gasteiger partial charge in [-0.15, -0.1) is 0 Å². The Morgan fingerprint density at radius 2 is 1.91 bits per heavy atom. The van der Waals surface area contributed by atoms with Crippen molar-refractivity contribution in [1.29, 1.82) is 5.26 Å². The van der Waals surface area contributed by atoms with Gasteiger partial charge in [0, 0.05) is 19.6 Å². The molecule has 6 nitrogen and oxygen atoms in total. The van der Waals surface area contributed by atoms with Crippen LogP contribution in [0.2, 0.25) is 0 Å². The SMILES string of the molecule is N#Cc1cnc(N2CCC(OCCN3CCCC3)CC2)cn1. The predicted molar refractivity (Wildman–Crippen MR) is 83.6 cm³/mol. The summed E-state index contributed by atoms with van der Waals surface area (Å²) in [6.45, 7) is 6.27. The number of ether oxygens (including phenoxy) is 1. The Bertz CT molecular complexity index is 498. The van der Waals surface area contributed by atoms with Crippen molar-refractivity contribution in [2.75, 3.05) is 44.2 Å². The molecule has 2 aliphatic heterocycles. The minimum atomic E-state index is 0.365. The van der Waals surface area contributed by atoms with E-state index in [-0.39, 0.29) is 0 Å². The van der Waals surface area contributed by atoms with E-state index in [1.807, 2.05) is 6.07 Å². The molecule has 3 rings (SSSR count). The fourth-order valence-electron chi connectivity index (χ4n) is 3.15. The monoisotopic (exact) mass is 301 g/mol. The van der Waals surface area contributed by atoms with Crippen LogP contribution in [0.25, 0.3) is 0 Å². The van der Waals surface area contributed by atoms with Gasteiger partial charge in [0.05, 0.1) is 25.1 Å². The van der Waals surface area contributed by atoms with E-state index in [4.69, 9.17) is 10.00 Å². The zero-order chi connectivity index (χ0) is 15.2. The van der Waals surface area contributed by atoms with Gasteiger partial charge < -0.3 is 14.5 Å². The number of hydrogen-bond acceptors (Lipinski definition) is 6. The lowest BCUT2D eigenvalue weighted by Gasteiger charge is -2.32. The van der Waals surface area contributed by atoms with Crippen LogP contribution >= 0.6 is 0 Å². The van der Waals surface area contributed by atoms with Crippen molar-refractivity contribution < 1.29 is 4.74 Å². The third-order valence-corrected chi connectivity index (χ3v) is 4.48. The van der Waals surface area contributed by atoms with Crippen molar-refractivity contribution in [3.05, 3.63) is 18.1 Å². The fourth-order valence-corrected chi connectivity index (χ4v) is 3.15. The number of anilines is 1. The fraction of sp³-hybridized carbons (Fsp3) is 0.688. The van der Waals surface area contributed by atoms with Gasteiger partial charge in [0.2, 0.25) is 0 Å². The Kier molecular flexibility index (Phi) is 5.20. The van der Waals surface area contributed by atoms with Gasteiger partial charge in [0.1, 0.15) is 11.9 Å². The molecule has 0 unspecified atom stereocenters. The van der Waals surface area contributed by atoms with Crippen molar-refractivity contribution in [3.63, 3.8) is 0 Å². The molecule has 22 heavy (non-hydrogen) atoms. The summed E-state index contributed by atoms with van der Waals surface area (Å²) in [6, 6.07) is 1.99. The summed E-state index contributed by atoms with van der Waals surface area (Å²) >= 11 is 0. The second-order valence-electron chi connectivity index (χ2n) is 5.98. The lowest BCUT2D eigenvalue weighted by Crippen LogP contribution is -2.38. The first-order valence-corrected chi connectivity index (χ1v) is 8.16. The molecule has 0 bridgehead atoms. The summed E-state index contributed by atoms with van der Waals surface area (Å²) in [5.74, 6) is 0.856. The highest BCUT2D eigenvalue weighted by Gasteiger charge is 2.21. The van der Waals surface area contributed by atoms with E-state index in [9.17, 15) is 0 Å². The van der Waals surface area contributed by atoms with Crippen LogP contribution in [0.1, 0.15) is 31.4 Å². The van der Waals surface area contributed by atoms with E-state index < -0.39 is 0 Å². The molecular weight excluding hydrogens is 278 g/mol. The molecule has 0 aliphatic carbocycles. The van der Waals surface area contributed by atoms with Crippen LogP contribution in [-0.2, 0) is 4.74 Å². The number of hydrogen-bond donors (Lipinski definition) is 0. The highest BCUT2D eigenvalue weighted by Crippen LogP contribution is 2.19. The predicted octanol–water partition coefficient (Wildman–Crippen LogP) is 1.43. The van der Waals surface area contributed by atoms with Gasteiger partial charge in [-0.3, -0.25) is 0 Å². The summed E-state index contributed by atoms with van der Waals surface area (Å²) < 4.78 is 6.02. The van der Waals surface area contributed by atoms with Gasteiger partial charge in [-0.05, 0) is 38.8 Å². The van der Waals surface area contributed by atoms with Crippen LogP contribution in [0, 0.1) is 11.3 Å². The molecule has 0 radical (unpaired) electrons. The van der Waals surface area contributed by atoms with Crippen LogP contribution in [0.15, 0.2) is 12.4 Å². The van der Waals surface area contributed by atoms with Gasteiger partial charge >= 0.3 is 0 Å². The van der Waals surface area contributed by atoms with Crippen LogP contribution in [-0.4, -0.2) is 60.3 Å². The Morgan fingerprint density at radius 3 is 2.55 bits per heavy atom. The molecular formula is C16H23N5O. The third kappa shape index (κ3) is 3.93. The van der Waals surface area contributed by atoms with Crippen molar-refractivity contribution in [1.82, 2.24) is 14.9 Å². The maximum atomic E-state index is 8.75. The molecule has 1 aromatic heterocycles. The topological polar surface area (TPSA) is 65.3 Å². The molecule has 0 aromatic carbocycles. The summed E-state index contributed by atoms with van der Waals surface area (Å²) in [5.41, 5.74) is 0.365. The van der Waals surface area contributed by atoms with Gasteiger partial charge in [0.15, 0.2) is 5.69 Å². The minimum absolute atomic E-state index is 0.365. The van der Waals surface area contributed by atoms with Gasteiger partial charge in [-0.2, -0.15) is 5.26 Å². The summed E-state index contributed by atoms with van der Waals surface area (Å²) in [7, 11) is 0. The lowest BCUT2D eigenvalue weighted by molar-refractivity contribution is 0.0265. The van der Waals surface area contributed by atoms with Crippen LogP contribution in [0.3, 0.4) is 0 Å². The van der Waals surface area contributed by atoms with Gasteiger partial charge in [-0.1, -0.05) is 0 Å². The van der Waals surface area contributed by atoms with Gasteiger partial charge in [-0.25, -0.2) is 9.97 Å². The highest BCUT2D eigenvalue weighted by molar-refractivity contribution is 5.37. The average Bonchev–Trinajstić information content (AvgIpc) is 3.09. The largest absolute Gasteiger partial charge is 0.377 e. The van der Waals surface area contributed by atoms with E-state index in [1.165, 1.54) is 32.1 Å². The minimum Gasteiger partial charge on any atom is -0.377 e.